The fourth-order valence-electron chi connectivity index (χ4n) is 2.61. The number of amides is 1. The van der Waals surface area contributed by atoms with Crippen molar-refractivity contribution in [2.24, 2.45) is 11.8 Å². The number of aliphatic hydroxyl groups excluding tert-OH is 1. The molecule has 0 aliphatic rings. The maximum absolute atomic E-state index is 12.2. The van der Waals surface area contributed by atoms with Crippen molar-refractivity contribution in [1.82, 2.24) is 4.90 Å². The Bertz CT molecular complexity index is 915. The van der Waals surface area contributed by atoms with E-state index < -0.39 is 28.6 Å². The van der Waals surface area contributed by atoms with Crippen LogP contribution in [0, 0.1) is 5.92 Å². The maximum Gasteiger partial charge on any atom is 0.257 e. The van der Waals surface area contributed by atoms with Gasteiger partial charge in [0.1, 0.15) is 17.1 Å². The number of hydrogen-bond donors (Lipinski definition) is 4. The minimum atomic E-state index is -0.816. The van der Waals surface area contributed by atoms with Gasteiger partial charge < -0.3 is 20.4 Å². The summed E-state index contributed by atoms with van der Waals surface area (Å²) in [5.41, 5.74) is -1.72. The number of nitrogens with two attached hydrogens (primary N) is 1. The Labute approximate surface area is 156 Å². The summed E-state index contributed by atoms with van der Waals surface area (Å²) in [4.78, 5) is 37.5. The molecular weight excluding hydrogens is 352 g/mol. The molecule has 0 aromatic heterocycles. The minimum absolute atomic E-state index is 0.00273. The summed E-state index contributed by atoms with van der Waals surface area (Å²) in [6.07, 6.45) is 0. The normalized spacial score (nSPS) is 12.3. The first kappa shape index (κ1) is 20.4. The van der Waals surface area contributed by atoms with Crippen LogP contribution in [-0.2, 0) is 0 Å². The highest BCUT2D eigenvalue weighted by Crippen LogP contribution is 2.35. The van der Waals surface area contributed by atoms with Crippen molar-refractivity contribution in [1.29, 1.82) is 0 Å². The van der Waals surface area contributed by atoms with Crippen molar-refractivity contribution in [3.05, 3.63) is 44.2 Å². The summed E-state index contributed by atoms with van der Waals surface area (Å²) in [7, 11) is 3.07. The summed E-state index contributed by atoms with van der Waals surface area (Å²) >= 11 is 0. The lowest BCUT2D eigenvalue weighted by molar-refractivity contribution is 0.0824. The van der Waals surface area contributed by atoms with E-state index in [1.807, 2.05) is 13.8 Å². The van der Waals surface area contributed by atoms with E-state index in [1.165, 1.54) is 37.2 Å². The number of nitrogens with one attached hydrogen (secondary N) is 1. The maximum atomic E-state index is 12.2. The molecule has 146 valence electrons. The van der Waals surface area contributed by atoms with Crippen molar-refractivity contribution in [3.8, 4) is 5.75 Å². The second-order valence-electron chi connectivity index (χ2n) is 6.80. The third-order valence-electron chi connectivity index (χ3n) is 4.37. The summed E-state index contributed by atoms with van der Waals surface area (Å²) in [5, 5.41) is 23.6. The van der Waals surface area contributed by atoms with Gasteiger partial charge in [0.05, 0.1) is 18.2 Å². The molecule has 1 atom stereocenters. The second-order valence-corrected chi connectivity index (χ2v) is 6.80. The number of hydrazine groups is 1. The van der Waals surface area contributed by atoms with Gasteiger partial charge in [-0.2, -0.15) is 0 Å². The van der Waals surface area contributed by atoms with Crippen LogP contribution < -0.4 is 27.0 Å². The van der Waals surface area contributed by atoms with Crippen LogP contribution in [0.3, 0.4) is 0 Å². The Morgan fingerprint density at radius 2 is 1.85 bits per heavy atom. The number of nitrogens with zero attached hydrogens (tertiary/aromatic N) is 2. The van der Waals surface area contributed by atoms with Crippen molar-refractivity contribution in [3.63, 3.8) is 0 Å². The number of aromatic hydroxyl groups is 1. The molecule has 2 aromatic rings. The van der Waals surface area contributed by atoms with Gasteiger partial charge in [-0.25, -0.2) is 5.84 Å². The molecule has 9 heteroatoms. The second kappa shape index (κ2) is 7.77. The molecule has 27 heavy (non-hydrogen) atoms. The molecule has 9 nitrogen and oxygen atoms in total. The average molecular weight is 376 g/mol. The number of benzene rings is 1. The van der Waals surface area contributed by atoms with Crippen LogP contribution in [0.1, 0.15) is 24.2 Å². The number of para-hydroxylation sites is 1. The van der Waals surface area contributed by atoms with Crippen molar-refractivity contribution >= 4 is 23.0 Å². The highest BCUT2D eigenvalue weighted by Gasteiger charge is 2.30. The molecule has 0 fully saturated rings. The quantitative estimate of drug-likeness (QED) is 0.304. The van der Waals surface area contributed by atoms with E-state index in [9.17, 15) is 24.6 Å². The smallest absolute Gasteiger partial charge is 0.257 e. The van der Waals surface area contributed by atoms with Gasteiger partial charge in [-0.15, -0.1) is 0 Å². The first-order valence-electron chi connectivity index (χ1n) is 8.40. The largest absolute Gasteiger partial charge is 0.505 e. The highest BCUT2D eigenvalue weighted by atomic mass is 16.3. The predicted molar refractivity (Wildman–Crippen MR) is 103 cm³/mol. The molecule has 0 saturated heterocycles. The molecule has 0 aliphatic heterocycles. The lowest BCUT2D eigenvalue weighted by Crippen LogP contribution is -2.46. The topological polar surface area (TPSA) is 136 Å². The average Bonchev–Trinajstić information content (AvgIpc) is 2.63. The zero-order valence-electron chi connectivity index (χ0n) is 15.7. The first-order chi connectivity index (χ1) is 12.6. The van der Waals surface area contributed by atoms with Crippen molar-refractivity contribution < 1.29 is 15.0 Å². The number of rotatable bonds is 7. The Morgan fingerprint density at radius 3 is 2.37 bits per heavy atom. The number of carbonyl (C=O) groups is 1. The summed E-state index contributed by atoms with van der Waals surface area (Å²) in [6.45, 7) is 3.46. The van der Waals surface area contributed by atoms with E-state index in [4.69, 9.17) is 5.84 Å². The first-order valence-corrected chi connectivity index (χ1v) is 8.40. The summed E-state index contributed by atoms with van der Waals surface area (Å²) < 4.78 is 0. The zero-order valence-corrected chi connectivity index (χ0v) is 15.7. The molecule has 0 unspecified atom stereocenters. The zero-order chi connectivity index (χ0) is 20.5. The number of aliphatic hydroxyl groups is 1. The van der Waals surface area contributed by atoms with Gasteiger partial charge in [-0.1, -0.05) is 19.9 Å². The Hall–Kier alpha value is -2.91. The van der Waals surface area contributed by atoms with Gasteiger partial charge in [-0.3, -0.25) is 19.4 Å². The van der Waals surface area contributed by atoms with Crippen LogP contribution >= 0.6 is 0 Å². The fourth-order valence-corrected chi connectivity index (χ4v) is 2.61. The van der Waals surface area contributed by atoms with E-state index >= 15 is 0 Å². The minimum Gasteiger partial charge on any atom is -0.505 e. The van der Waals surface area contributed by atoms with Gasteiger partial charge in [0, 0.05) is 14.1 Å². The number of hydrogen-bond acceptors (Lipinski definition) is 8. The Balaban J connectivity index is 2.46. The van der Waals surface area contributed by atoms with Gasteiger partial charge in [0.2, 0.25) is 0 Å². The molecule has 0 saturated carbocycles. The van der Waals surface area contributed by atoms with Crippen LogP contribution in [0.5, 0.6) is 5.75 Å². The monoisotopic (exact) mass is 376 g/mol. The van der Waals surface area contributed by atoms with E-state index in [-0.39, 0.29) is 35.2 Å². The molecule has 0 aliphatic carbocycles. The van der Waals surface area contributed by atoms with E-state index in [2.05, 4.69) is 5.32 Å². The molecule has 0 spiro atoms. The van der Waals surface area contributed by atoms with Crippen LogP contribution in [0.2, 0.25) is 0 Å². The molecule has 2 aromatic carbocycles. The summed E-state index contributed by atoms with van der Waals surface area (Å²) in [5.74, 6) is 5.15. The lowest BCUT2D eigenvalue weighted by atomic mass is 10.0. The van der Waals surface area contributed by atoms with Crippen LogP contribution in [0.4, 0.5) is 17.1 Å². The lowest BCUT2D eigenvalue weighted by Gasteiger charge is -2.28. The third kappa shape index (κ3) is 3.64. The van der Waals surface area contributed by atoms with Crippen LogP contribution in [-0.4, -0.2) is 47.8 Å². The molecule has 0 radical (unpaired) electrons. The predicted octanol–water partition coefficient (Wildman–Crippen LogP) is 0.131. The van der Waals surface area contributed by atoms with Gasteiger partial charge >= 0.3 is 0 Å². The van der Waals surface area contributed by atoms with Crippen molar-refractivity contribution in [2.45, 2.75) is 19.9 Å². The van der Waals surface area contributed by atoms with Crippen LogP contribution in [0.25, 0.3) is 0 Å². The van der Waals surface area contributed by atoms with E-state index in [0.717, 1.165) is 5.01 Å². The molecule has 0 heterocycles. The van der Waals surface area contributed by atoms with E-state index in [0.29, 0.717) is 0 Å². The summed E-state index contributed by atoms with van der Waals surface area (Å²) in [6, 6.07) is 3.91. The van der Waals surface area contributed by atoms with Crippen LogP contribution in [0.15, 0.2) is 27.8 Å². The fraction of sp³-hybridized carbons (Fsp3) is 0.389. The molecular formula is C18H24N4O5. The van der Waals surface area contributed by atoms with Crippen molar-refractivity contribution in [2.75, 3.05) is 31.0 Å². The molecule has 0 bridgehead atoms. The SMILES string of the molecule is CC(C)[C@@H](CO)Nc1c(N(N)c2cccc(C(=O)N(C)C)c2O)c(=O)c1=O. The van der Waals surface area contributed by atoms with E-state index in [1.54, 1.807) is 0 Å². The third-order valence-corrected chi connectivity index (χ3v) is 4.37. The standard InChI is InChI=1S/C18H24N4O5/c1-9(2)11(8-23)20-13-14(17(26)16(13)25)22(19)12-7-5-6-10(15(12)24)18(27)21(3)4/h5-7,9,11,20,23-24H,8,19H2,1-4H3/t11-/m1/s1. The number of carbonyl (C=O) groups excluding carboxylic acids is 1. The Morgan fingerprint density at radius 1 is 1.22 bits per heavy atom. The number of phenols is 1. The number of phenolic OH excluding ortho intramolecular Hbond substituents is 1. The molecule has 1 amide bonds. The van der Waals surface area contributed by atoms with Gasteiger partial charge in [0.25, 0.3) is 16.8 Å². The van der Waals surface area contributed by atoms with Gasteiger partial charge in [-0.05, 0) is 18.1 Å². The molecule has 5 N–H and O–H groups in total. The number of anilines is 3. The van der Waals surface area contributed by atoms with Gasteiger partial charge in [0.15, 0.2) is 5.75 Å². The molecule has 2 rings (SSSR count). The highest BCUT2D eigenvalue weighted by molar-refractivity contribution is 5.99. The Kier molecular flexibility index (Phi) is 5.87.